The van der Waals surface area contributed by atoms with E-state index in [-0.39, 0.29) is 5.54 Å². The molecule has 0 radical (unpaired) electrons. The summed E-state index contributed by atoms with van der Waals surface area (Å²) in [6.07, 6.45) is 7.43. The van der Waals surface area contributed by atoms with Crippen molar-refractivity contribution >= 4 is 0 Å². The van der Waals surface area contributed by atoms with Crippen LogP contribution in [0, 0.1) is 0 Å². The second-order valence-corrected chi connectivity index (χ2v) is 7.48. The fourth-order valence-corrected chi connectivity index (χ4v) is 4.13. The molecule has 140 valence electrons. The third kappa shape index (κ3) is 5.19. The van der Waals surface area contributed by atoms with E-state index >= 15 is 0 Å². The summed E-state index contributed by atoms with van der Waals surface area (Å²) in [5.41, 5.74) is 1.59. The lowest BCUT2D eigenvalue weighted by atomic mass is 9.86. The minimum absolute atomic E-state index is 0.287. The first-order valence-corrected chi connectivity index (χ1v) is 10.1. The Balaban J connectivity index is 1.56. The maximum absolute atomic E-state index is 5.75. The molecule has 3 rings (SSSR count). The van der Waals surface area contributed by atoms with Gasteiger partial charge in [-0.3, -0.25) is 4.90 Å². The quantitative estimate of drug-likeness (QED) is 0.780. The SMILES string of the molecule is CCCOc1cccc(CNCC2(N3CCCCC3)CCOCC2)c1. The van der Waals surface area contributed by atoms with Crippen LogP contribution in [0.3, 0.4) is 0 Å². The van der Waals surface area contributed by atoms with Crippen molar-refractivity contribution in [2.75, 3.05) is 39.5 Å². The highest BCUT2D eigenvalue weighted by Crippen LogP contribution is 2.30. The van der Waals surface area contributed by atoms with Crippen molar-refractivity contribution in [1.82, 2.24) is 10.2 Å². The molecule has 2 saturated heterocycles. The lowest BCUT2D eigenvalue weighted by molar-refractivity contribution is -0.0358. The Kier molecular flexibility index (Phi) is 7.14. The van der Waals surface area contributed by atoms with Crippen LogP contribution in [0.15, 0.2) is 24.3 Å². The van der Waals surface area contributed by atoms with Crippen molar-refractivity contribution in [2.24, 2.45) is 0 Å². The molecule has 25 heavy (non-hydrogen) atoms. The van der Waals surface area contributed by atoms with Crippen molar-refractivity contribution in [3.05, 3.63) is 29.8 Å². The van der Waals surface area contributed by atoms with E-state index in [1.165, 1.54) is 37.9 Å². The van der Waals surface area contributed by atoms with E-state index < -0.39 is 0 Å². The van der Waals surface area contributed by atoms with Gasteiger partial charge in [-0.05, 0) is 62.9 Å². The third-order valence-corrected chi connectivity index (χ3v) is 5.60. The molecule has 2 fully saturated rings. The van der Waals surface area contributed by atoms with E-state index in [0.717, 1.165) is 57.9 Å². The lowest BCUT2D eigenvalue weighted by Crippen LogP contribution is -2.59. The minimum Gasteiger partial charge on any atom is -0.494 e. The molecule has 4 heteroatoms. The van der Waals surface area contributed by atoms with Gasteiger partial charge in [-0.1, -0.05) is 25.5 Å². The minimum atomic E-state index is 0.287. The van der Waals surface area contributed by atoms with Crippen LogP contribution < -0.4 is 10.1 Å². The number of hydrogen-bond donors (Lipinski definition) is 1. The van der Waals surface area contributed by atoms with Gasteiger partial charge in [0.25, 0.3) is 0 Å². The summed E-state index contributed by atoms with van der Waals surface area (Å²) in [5, 5.41) is 3.74. The molecule has 1 aromatic rings. The van der Waals surface area contributed by atoms with E-state index in [2.05, 4.69) is 35.3 Å². The molecule has 0 atom stereocenters. The zero-order valence-corrected chi connectivity index (χ0v) is 15.8. The first-order valence-electron chi connectivity index (χ1n) is 10.1. The summed E-state index contributed by atoms with van der Waals surface area (Å²) < 4.78 is 11.4. The molecular weight excluding hydrogens is 312 g/mol. The Morgan fingerprint density at radius 3 is 2.72 bits per heavy atom. The van der Waals surface area contributed by atoms with Gasteiger partial charge in [0.15, 0.2) is 0 Å². The van der Waals surface area contributed by atoms with Crippen LogP contribution in [0.25, 0.3) is 0 Å². The van der Waals surface area contributed by atoms with Crippen LogP contribution in [0.1, 0.15) is 51.0 Å². The van der Waals surface area contributed by atoms with Crippen LogP contribution in [0.5, 0.6) is 5.75 Å². The summed E-state index contributed by atoms with van der Waals surface area (Å²) in [5.74, 6) is 0.984. The van der Waals surface area contributed by atoms with E-state index in [1.54, 1.807) is 0 Å². The Bertz CT molecular complexity index is 508. The molecule has 1 N–H and O–H groups in total. The molecule has 2 aliphatic rings. The monoisotopic (exact) mass is 346 g/mol. The molecule has 0 saturated carbocycles. The number of rotatable bonds is 8. The number of piperidine rings is 1. The van der Waals surface area contributed by atoms with Gasteiger partial charge in [0.1, 0.15) is 5.75 Å². The highest BCUT2D eigenvalue weighted by Gasteiger charge is 2.38. The Labute approximate surface area is 152 Å². The van der Waals surface area contributed by atoms with Crippen LogP contribution in [-0.4, -0.2) is 49.9 Å². The molecule has 4 nitrogen and oxygen atoms in total. The van der Waals surface area contributed by atoms with Gasteiger partial charge in [0.2, 0.25) is 0 Å². The second-order valence-electron chi connectivity index (χ2n) is 7.48. The zero-order valence-electron chi connectivity index (χ0n) is 15.8. The topological polar surface area (TPSA) is 33.7 Å². The predicted molar refractivity (Wildman–Crippen MR) is 102 cm³/mol. The lowest BCUT2D eigenvalue weighted by Gasteiger charge is -2.48. The van der Waals surface area contributed by atoms with Crippen LogP contribution in [0.4, 0.5) is 0 Å². The fraction of sp³-hybridized carbons (Fsp3) is 0.714. The Morgan fingerprint density at radius 2 is 1.96 bits per heavy atom. The second kappa shape index (κ2) is 9.56. The van der Waals surface area contributed by atoms with E-state index in [4.69, 9.17) is 9.47 Å². The molecule has 0 spiro atoms. The molecule has 0 bridgehead atoms. The van der Waals surface area contributed by atoms with Crippen molar-refractivity contribution < 1.29 is 9.47 Å². The summed E-state index contributed by atoms with van der Waals surface area (Å²) in [4.78, 5) is 2.74. The molecule has 2 heterocycles. The summed E-state index contributed by atoms with van der Waals surface area (Å²) in [6, 6.07) is 8.49. The van der Waals surface area contributed by atoms with E-state index in [0.29, 0.717) is 0 Å². The highest BCUT2D eigenvalue weighted by molar-refractivity contribution is 5.28. The van der Waals surface area contributed by atoms with Crippen LogP contribution >= 0.6 is 0 Å². The number of nitrogens with one attached hydrogen (secondary N) is 1. The standard InChI is InChI=1S/C21H34N2O2/c1-2-13-25-20-8-6-7-19(16-20)17-22-18-21(9-14-24-15-10-21)23-11-4-3-5-12-23/h6-8,16,22H,2-5,9-15,17-18H2,1H3. The molecule has 2 aliphatic heterocycles. The first-order chi connectivity index (χ1) is 12.3. The van der Waals surface area contributed by atoms with Gasteiger partial charge < -0.3 is 14.8 Å². The smallest absolute Gasteiger partial charge is 0.119 e. The average molecular weight is 347 g/mol. The Hall–Kier alpha value is -1.10. The zero-order chi connectivity index (χ0) is 17.4. The molecule has 0 amide bonds. The van der Waals surface area contributed by atoms with Gasteiger partial charge >= 0.3 is 0 Å². The molecular formula is C21H34N2O2. The predicted octanol–water partition coefficient (Wildman–Crippen LogP) is 3.60. The van der Waals surface area contributed by atoms with Crippen molar-refractivity contribution in [3.8, 4) is 5.75 Å². The van der Waals surface area contributed by atoms with Crippen LogP contribution in [-0.2, 0) is 11.3 Å². The van der Waals surface area contributed by atoms with Crippen molar-refractivity contribution in [3.63, 3.8) is 0 Å². The van der Waals surface area contributed by atoms with E-state index in [9.17, 15) is 0 Å². The Morgan fingerprint density at radius 1 is 1.16 bits per heavy atom. The molecule has 0 unspecified atom stereocenters. The van der Waals surface area contributed by atoms with Gasteiger partial charge in [0, 0.05) is 31.8 Å². The molecule has 0 aromatic heterocycles. The van der Waals surface area contributed by atoms with E-state index in [1.807, 2.05) is 6.07 Å². The van der Waals surface area contributed by atoms with Gasteiger partial charge in [-0.25, -0.2) is 0 Å². The van der Waals surface area contributed by atoms with Gasteiger partial charge in [0.05, 0.1) is 6.61 Å². The maximum atomic E-state index is 5.75. The molecule has 1 aromatic carbocycles. The van der Waals surface area contributed by atoms with Gasteiger partial charge in [-0.2, -0.15) is 0 Å². The maximum Gasteiger partial charge on any atom is 0.119 e. The van der Waals surface area contributed by atoms with Crippen molar-refractivity contribution in [1.29, 1.82) is 0 Å². The number of likely N-dealkylation sites (tertiary alicyclic amines) is 1. The third-order valence-electron chi connectivity index (χ3n) is 5.60. The molecule has 0 aliphatic carbocycles. The normalized spacial score (nSPS) is 21.2. The highest BCUT2D eigenvalue weighted by atomic mass is 16.5. The van der Waals surface area contributed by atoms with Gasteiger partial charge in [-0.15, -0.1) is 0 Å². The summed E-state index contributed by atoms with van der Waals surface area (Å²) in [7, 11) is 0. The van der Waals surface area contributed by atoms with Crippen LogP contribution in [0.2, 0.25) is 0 Å². The number of nitrogens with zero attached hydrogens (tertiary/aromatic N) is 1. The number of ether oxygens (including phenoxy) is 2. The average Bonchev–Trinajstić information content (AvgIpc) is 2.68. The number of benzene rings is 1. The van der Waals surface area contributed by atoms with Crippen molar-refractivity contribution in [2.45, 2.75) is 57.5 Å². The summed E-state index contributed by atoms with van der Waals surface area (Å²) in [6.45, 7) is 9.19. The largest absolute Gasteiger partial charge is 0.494 e. The first kappa shape index (κ1) is 18.7. The summed E-state index contributed by atoms with van der Waals surface area (Å²) >= 11 is 0. The fourth-order valence-electron chi connectivity index (χ4n) is 4.13. The number of hydrogen-bond acceptors (Lipinski definition) is 4.